The monoisotopic (exact) mass is 130 g/mol. The van der Waals surface area contributed by atoms with Gasteiger partial charge in [0.05, 0.1) is 15.6 Å². The highest BCUT2D eigenvalue weighted by Gasteiger charge is 1.94. The van der Waals surface area contributed by atoms with Crippen molar-refractivity contribution in [2.24, 2.45) is 0 Å². The maximum absolute atomic E-state index is 10.3. The molecular formula is C3H6N2O2Si. The average molecular weight is 130 g/mol. The number of nitrogens with one attached hydrogen (secondary N) is 2. The van der Waals surface area contributed by atoms with Crippen molar-refractivity contribution in [3.63, 3.8) is 0 Å². The minimum absolute atomic E-state index is 0.0262. The Kier molecular flexibility index (Phi) is 0.979. The Labute approximate surface area is 48.0 Å². The van der Waals surface area contributed by atoms with Crippen LogP contribution in [-0.2, 0) is 0 Å². The molecule has 0 amide bonds. The molecule has 5 heteroatoms. The van der Waals surface area contributed by atoms with Crippen LogP contribution in [0, 0.1) is 0 Å². The lowest BCUT2D eigenvalue weighted by Crippen LogP contribution is -2.09. The Hall–Kier alpha value is -0.973. The van der Waals surface area contributed by atoms with Crippen molar-refractivity contribution in [1.29, 1.82) is 0 Å². The van der Waals surface area contributed by atoms with Gasteiger partial charge in [-0.2, -0.15) is 0 Å². The lowest BCUT2D eigenvalue weighted by atomic mass is 10.9. The van der Waals surface area contributed by atoms with Gasteiger partial charge in [0.1, 0.15) is 0 Å². The largest absolute Gasteiger partial charge is 0.494 e. The molecule has 3 N–H and O–H groups in total. The Balaban J connectivity index is 3.35. The fraction of sp³-hybridized carbons (Fsp3) is 0. The molecule has 0 aliphatic rings. The quantitative estimate of drug-likeness (QED) is 0.337. The summed E-state index contributed by atoms with van der Waals surface area (Å²) in [6.07, 6.45) is 0. The van der Waals surface area contributed by atoms with Crippen molar-refractivity contribution in [2.45, 2.75) is 0 Å². The lowest BCUT2D eigenvalue weighted by molar-refractivity contribution is 0.460. The fourth-order valence-electron chi connectivity index (χ4n) is 0.462. The second-order valence-electron chi connectivity index (χ2n) is 1.55. The van der Waals surface area contributed by atoms with Crippen LogP contribution in [0.4, 0.5) is 0 Å². The third-order valence-corrected chi connectivity index (χ3v) is 1.61. The van der Waals surface area contributed by atoms with Crippen LogP contribution in [0.5, 0.6) is 5.88 Å². The molecule has 1 rings (SSSR count). The minimum atomic E-state index is -0.340. The van der Waals surface area contributed by atoms with Gasteiger partial charge in [-0.25, -0.2) is 4.79 Å². The smallest absolute Gasteiger partial charge is 0.325 e. The zero-order valence-corrected chi connectivity index (χ0v) is 6.36. The summed E-state index contributed by atoms with van der Waals surface area (Å²) < 4.78 is 0. The number of H-pyrrole nitrogens is 2. The molecule has 1 aromatic heterocycles. The molecule has 0 unspecified atom stereocenters. The molecule has 44 valence electrons. The van der Waals surface area contributed by atoms with E-state index in [1.807, 2.05) is 0 Å². The third kappa shape index (κ3) is 0.670. The van der Waals surface area contributed by atoms with Gasteiger partial charge in [0, 0.05) is 0 Å². The molecule has 8 heavy (non-hydrogen) atoms. The summed E-state index contributed by atoms with van der Waals surface area (Å²) in [4.78, 5) is 14.9. The van der Waals surface area contributed by atoms with Gasteiger partial charge in [-0.15, -0.1) is 0 Å². The Bertz CT molecular complexity index is 215. The summed E-state index contributed by atoms with van der Waals surface area (Å²) in [6.45, 7) is 0. The molecule has 4 nitrogen and oxygen atoms in total. The number of imidazole rings is 1. The first-order valence-corrected chi connectivity index (χ1v) is 3.18. The van der Waals surface area contributed by atoms with E-state index in [0.29, 0.717) is 15.6 Å². The van der Waals surface area contributed by atoms with Crippen molar-refractivity contribution >= 4 is 15.6 Å². The lowest BCUT2D eigenvalue weighted by Gasteiger charge is -1.79. The van der Waals surface area contributed by atoms with Crippen LogP contribution in [0.3, 0.4) is 0 Å². The molecule has 0 bridgehead atoms. The van der Waals surface area contributed by atoms with Crippen LogP contribution in [-0.4, -0.2) is 25.3 Å². The summed E-state index contributed by atoms with van der Waals surface area (Å²) in [7, 11) is 0.660. The summed E-state index contributed by atoms with van der Waals surface area (Å²) >= 11 is 0. The molecule has 0 aliphatic heterocycles. The molecule has 0 aliphatic carbocycles. The van der Waals surface area contributed by atoms with Crippen LogP contribution in [0.2, 0.25) is 0 Å². The molecule has 0 spiro atoms. The number of aromatic nitrogens is 2. The van der Waals surface area contributed by atoms with Gasteiger partial charge in [-0.05, 0) is 0 Å². The van der Waals surface area contributed by atoms with E-state index in [4.69, 9.17) is 5.11 Å². The maximum Gasteiger partial charge on any atom is 0.325 e. The number of hydrogen-bond donors (Lipinski definition) is 3. The zero-order chi connectivity index (χ0) is 6.15. The van der Waals surface area contributed by atoms with Gasteiger partial charge in [-0.3, -0.25) is 4.98 Å². The molecule has 1 heterocycles. The molecular weight excluding hydrogens is 124 g/mol. The van der Waals surface area contributed by atoms with E-state index in [2.05, 4.69) is 9.97 Å². The van der Waals surface area contributed by atoms with Crippen LogP contribution < -0.4 is 11.0 Å². The van der Waals surface area contributed by atoms with E-state index in [1.54, 1.807) is 0 Å². The number of rotatable bonds is 0. The maximum atomic E-state index is 10.3. The van der Waals surface area contributed by atoms with Gasteiger partial charge in [0.15, 0.2) is 0 Å². The van der Waals surface area contributed by atoms with Gasteiger partial charge in [-0.1, -0.05) is 0 Å². The van der Waals surface area contributed by atoms with E-state index < -0.39 is 0 Å². The molecule has 1 aromatic rings. The van der Waals surface area contributed by atoms with Crippen LogP contribution in [0.1, 0.15) is 0 Å². The number of aromatic amines is 2. The molecule has 0 radical (unpaired) electrons. The highest BCUT2D eigenvalue weighted by Crippen LogP contribution is 1.85. The van der Waals surface area contributed by atoms with Gasteiger partial charge in [0.2, 0.25) is 5.88 Å². The topological polar surface area (TPSA) is 68.9 Å². The predicted octanol–water partition coefficient (Wildman–Crippen LogP) is -2.60. The third-order valence-electron chi connectivity index (χ3n) is 0.888. The van der Waals surface area contributed by atoms with Gasteiger partial charge in [0.25, 0.3) is 0 Å². The SMILES string of the molecule is O=c1[nH]c(O)c([SiH3])[nH]1. The molecule has 0 aromatic carbocycles. The van der Waals surface area contributed by atoms with E-state index in [-0.39, 0.29) is 11.6 Å². The highest BCUT2D eigenvalue weighted by atomic mass is 28.1. The van der Waals surface area contributed by atoms with Crippen LogP contribution >= 0.6 is 0 Å². The highest BCUT2D eigenvalue weighted by molar-refractivity contribution is 6.32. The van der Waals surface area contributed by atoms with Crippen molar-refractivity contribution in [1.82, 2.24) is 9.97 Å². The Morgan fingerprint density at radius 1 is 1.50 bits per heavy atom. The summed E-state index contributed by atoms with van der Waals surface area (Å²) in [6, 6.07) is 0. The fourth-order valence-corrected chi connectivity index (χ4v) is 0.814. The van der Waals surface area contributed by atoms with Crippen molar-refractivity contribution in [3.8, 4) is 5.88 Å². The second kappa shape index (κ2) is 1.51. The van der Waals surface area contributed by atoms with Crippen molar-refractivity contribution in [3.05, 3.63) is 10.5 Å². The zero-order valence-electron chi connectivity index (χ0n) is 4.36. The number of hydrogen-bond acceptors (Lipinski definition) is 2. The first kappa shape index (κ1) is 5.17. The van der Waals surface area contributed by atoms with Crippen molar-refractivity contribution < 1.29 is 5.11 Å². The first-order chi connectivity index (χ1) is 3.70. The van der Waals surface area contributed by atoms with E-state index in [1.165, 1.54) is 0 Å². The minimum Gasteiger partial charge on any atom is -0.494 e. The summed E-state index contributed by atoms with van der Waals surface area (Å²) in [5.41, 5.74) is -0.340. The van der Waals surface area contributed by atoms with Crippen LogP contribution in [0.15, 0.2) is 4.79 Å². The molecule has 0 saturated heterocycles. The van der Waals surface area contributed by atoms with Crippen LogP contribution in [0.25, 0.3) is 0 Å². The standard InChI is InChI=1S/C3H6N2O2Si/c6-1-2(8)5-3(7)4-1/h6H,8H3,(H2,4,5,7). The molecule has 0 atom stereocenters. The Morgan fingerprint density at radius 2 is 2.12 bits per heavy atom. The summed E-state index contributed by atoms with van der Waals surface area (Å²) in [5.74, 6) is -0.0262. The van der Waals surface area contributed by atoms with Crippen molar-refractivity contribution in [2.75, 3.05) is 0 Å². The predicted molar refractivity (Wildman–Crippen MR) is 32.7 cm³/mol. The summed E-state index contributed by atoms with van der Waals surface area (Å²) in [5, 5.41) is 9.29. The molecule has 0 fully saturated rings. The van der Waals surface area contributed by atoms with E-state index in [0.717, 1.165) is 0 Å². The Morgan fingerprint density at radius 3 is 2.25 bits per heavy atom. The number of aromatic hydroxyl groups is 1. The second-order valence-corrected chi connectivity index (χ2v) is 2.55. The first-order valence-electron chi connectivity index (χ1n) is 2.18. The van der Waals surface area contributed by atoms with Gasteiger partial charge < -0.3 is 10.1 Å². The van der Waals surface area contributed by atoms with Gasteiger partial charge >= 0.3 is 5.69 Å². The average Bonchev–Trinajstić information content (AvgIpc) is 1.85. The van der Waals surface area contributed by atoms with E-state index in [9.17, 15) is 4.79 Å². The normalized spacial score (nSPS) is 10.0. The van der Waals surface area contributed by atoms with E-state index >= 15 is 0 Å². The molecule has 0 saturated carbocycles.